The van der Waals surface area contributed by atoms with Crippen LogP contribution in [-0.4, -0.2) is 59.4 Å². The maximum absolute atomic E-state index is 12.9. The third kappa shape index (κ3) is 2.63. The second-order valence-corrected chi connectivity index (χ2v) is 6.46. The van der Waals surface area contributed by atoms with E-state index in [0.717, 1.165) is 24.3 Å². The minimum atomic E-state index is -0.210. The second kappa shape index (κ2) is 5.63. The number of halogens is 1. The third-order valence-corrected chi connectivity index (χ3v) is 4.68. The van der Waals surface area contributed by atoms with Crippen molar-refractivity contribution in [3.63, 3.8) is 0 Å². The maximum Gasteiger partial charge on any atom is 0.257 e. The number of carbonyl (C=O) groups excluding carboxylic acids is 1. The molecule has 1 aromatic heterocycles. The highest BCUT2D eigenvalue weighted by molar-refractivity contribution is 6.30. The van der Waals surface area contributed by atoms with Gasteiger partial charge in [-0.3, -0.25) is 9.89 Å². The topological polar surface area (TPSA) is 70.2 Å². The van der Waals surface area contributed by atoms with Crippen molar-refractivity contribution in [2.45, 2.75) is 5.60 Å². The highest BCUT2D eigenvalue weighted by Gasteiger charge is 2.43. The Morgan fingerprint density at radius 1 is 1.30 bits per heavy atom. The van der Waals surface area contributed by atoms with Gasteiger partial charge >= 0.3 is 0 Å². The van der Waals surface area contributed by atoms with Gasteiger partial charge in [-0.15, -0.1) is 0 Å². The Labute approximate surface area is 138 Å². The molecule has 2 aromatic rings. The Morgan fingerprint density at radius 2 is 2.09 bits per heavy atom. The van der Waals surface area contributed by atoms with Crippen molar-refractivity contribution in [1.82, 2.24) is 20.4 Å². The summed E-state index contributed by atoms with van der Waals surface area (Å²) in [4.78, 5) is 14.8. The van der Waals surface area contributed by atoms with Crippen molar-refractivity contribution >= 4 is 17.5 Å². The Hall–Kier alpha value is -1.89. The van der Waals surface area contributed by atoms with E-state index in [2.05, 4.69) is 15.5 Å². The molecule has 1 spiro atoms. The SMILES string of the molecule is O=C(c1cn[nH]c1-c1ccc(Cl)cc1)N1CCOC2(CNC2)C1. The fraction of sp³-hybridized carbons (Fsp3) is 0.375. The fourth-order valence-electron chi connectivity index (χ4n) is 3.09. The van der Waals surface area contributed by atoms with E-state index in [-0.39, 0.29) is 11.5 Å². The van der Waals surface area contributed by atoms with Gasteiger partial charge in [-0.1, -0.05) is 23.7 Å². The molecule has 2 aliphatic heterocycles. The highest BCUT2D eigenvalue weighted by Crippen LogP contribution is 2.27. The number of benzene rings is 1. The van der Waals surface area contributed by atoms with E-state index in [1.54, 1.807) is 18.3 Å². The van der Waals surface area contributed by atoms with Crippen LogP contribution in [0, 0.1) is 0 Å². The standard InChI is InChI=1S/C16H17ClN4O2/c17-12-3-1-11(2-4-12)14-13(7-19-20-14)15(22)21-5-6-23-16(10-21)8-18-9-16/h1-4,7,18H,5-6,8-10H2,(H,19,20). The molecule has 2 saturated heterocycles. The van der Waals surface area contributed by atoms with Gasteiger partial charge in [0.25, 0.3) is 5.91 Å². The van der Waals surface area contributed by atoms with Crippen LogP contribution < -0.4 is 5.32 Å². The van der Waals surface area contributed by atoms with Crippen LogP contribution >= 0.6 is 11.6 Å². The number of aromatic nitrogens is 2. The number of nitrogens with zero attached hydrogens (tertiary/aromatic N) is 2. The first-order valence-corrected chi connectivity index (χ1v) is 7.98. The Balaban J connectivity index is 1.59. The molecule has 120 valence electrons. The molecule has 0 aliphatic carbocycles. The van der Waals surface area contributed by atoms with Crippen molar-refractivity contribution in [1.29, 1.82) is 0 Å². The number of carbonyl (C=O) groups is 1. The Bertz CT molecular complexity index is 724. The zero-order chi connectivity index (χ0) is 15.9. The number of nitrogens with one attached hydrogen (secondary N) is 2. The maximum atomic E-state index is 12.9. The minimum absolute atomic E-state index is 0.0155. The Kier molecular flexibility index (Phi) is 3.60. The Morgan fingerprint density at radius 3 is 2.78 bits per heavy atom. The predicted octanol–water partition coefficient (Wildman–Crippen LogP) is 1.54. The van der Waals surface area contributed by atoms with Gasteiger partial charge in [0.1, 0.15) is 5.60 Å². The van der Waals surface area contributed by atoms with Crippen molar-refractivity contribution in [2.24, 2.45) is 0 Å². The zero-order valence-corrected chi connectivity index (χ0v) is 13.3. The number of aromatic amines is 1. The summed E-state index contributed by atoms with van der Waals surface area (Å²) in [5.74, 6) is -0.0155. The smallest absolute Gasteiger partial charge is 0.257 e. The zero-order valence-electron chi connectivity index (χ0n) is 12.5. The van der Waals surface area contributed by atoms with Gasteiger partial charge in [0, 0.05) is 30.2 Å². The first-order chi connectivity index (χ1) is 11.2. The molecule has 4 rings (SSSR count). The molecular weight excluding hydrogens is 316 g/mol. The van der Waals surface area contributed by atoms with E-state index < -0.39 is 0 Å². The van der Waals surface area contributed by atoms with Gasteiger partial charge in [-0.05, 0) is 12.1 Å². The van der Waals surface area contributed by atoms with Crippen molar-refractivity contribution in [3.8, 4) is 11.3 Å². The normalized spacial score (nSPS) is 19.6. The minimum Gasteiger partial charge on any atom is -0.369 e. The highest BCUT2D eigenvalue weighted by atomic mass is 35.5. The van der Waals surface area contributed by atoms with E-state index in [9.17, 15) is 4.79 Å². The van der Waals surface area contributed by atoms with Gasteiger partial charge in [0.15, 0.2) is 0 Å². The van der Waals surface area contributed by atoms with Crippen LogP contribution in [0.3, 0.4) is 0 Å². The number of morpholine rings is 1. The summed E-state index contributed by atoms with van der Waals surface area (Å²) in [5.41, 5.74) is 1.98. The summed E-state index contributed by atoms with van der Waals surface area (Å²) in [6.45, 7) is 3.38. The lowest BCUT2D eigenvalue weighted by Gasteiger charge is -2.48. The van der Waals surface area contributed by atoms with Crippen LogP contribution in [0.4, 0.5) is 0 Å². The molecule has 0 atom stereocenters. The van der Waals surface area contributed by atoms with E-state index in [4.69, 9.17) is 16.3 Å². The van der Waals surface area contributed by atoms with Crippen molar-refractivity contribution < 1.29 is 9.53 Å². The van der Waals surface area contributed by atoms with Gasteiger partial charge in [0.05, 0.1) is 30.6 Å². The van der Waals surface area contributed by atoms with Gasteiger partial charge < -0.3 is 15.0 Å². The van der Waals surface area contributed by atoms with Gasteiger partial charge in [-0.25, -0.2) is 0 Å². The summed E-state index contributed by atoms with van der Waals surface area (Å²) in [5, 5.41) is 10.9. The van der Waals surface area contributed by atoms with Crippen molar-refractivity contribution in [2.75, 3.05) is 32.8 Å². The molecule has 2 N–H and O–H groups in total. The second-order valence-electron chi connectivity index (χ2n) is 6.03. The van der Waals surface area contributed by atoms with Crippen LogP contribution in [0.15, 0.2) is 30.5 Å². The summed E-state index contributed by atoms with van der Waals surface area (Å²) < 4.78 is 5.83. The van der Waals surface area contributed by atoms with E-state index >= 15 is 0 Å². The molecule has 6 nitrogen and oxygen atoms in total. The molecule has 1 amide bonds. The summed E-state index contributed by atoms with van der Waals surface area (Å²) in [6, 6.07) is 7.36. The fourth-order valence-corrected chi connectivity index (χ4v) is 3.22. The number of hydrogen-bond donors (Lipinski definition) is 2. The number of ether oxygens (including phenoxy) is 1. The molecule has 1 aromatic carbocycles. The average Bonchev–Trinajstić information content (AvgIpc) is 3.03. The number of amides is 1. The van der Waals surface area contributed by atoms with Crippen LogP contribution in [0.2, 0.25) is 5.02 Å². The van der Waals surface area contributed by atoms with E-state index in [1.165, 1.54) is 0 Å². The number of hydrogen-bond acceptors (Lipinski definition) is 4. The molecule has 0 saturated carbocycles. The molecule has 7 heteroatoms. The van der Waals surface area contributed by atoms with Crippen LogP contribution in [-0.2, 0) is 4.74 Å². The molecule has 23 heavy (non-hydrogen) atoms. The molecule has 3 heterocycles. The summed E-state index contributed by atoms with van der Waals surface area (Å²) in [6.07, 6.45) is 1.59. The monoisotopic (exact) mass is 332 g/mol. The summed E-state index contributed by atoms with van der Waals surface area (Å²) in [7, 11) is 0. The van der Waals surface area contributed by atoms with Crippen molar-refractivity contribution in [3.05, 3.63) is 41.0 Å². The van der Waals surface area contributed by atoms with E-state index in [0.29, 0.717) is 30.3 Å². The largest absolute Gasteiger partial charge is 0.369 e. The lowest BCUT2D eigenvalue weighted by Crippen LogP contribution is -2.69. The quantitative estimate of drug-likeness (QED) is 0.875. The lowest BCUT2D eigenvalue weighted by molar-refractivity contribution is -0.126. The molecule has 0 radical (unpaired) electrons. The van der Waals surface area contributed by atoms with Crippen LogP contribution in [0.5, 0.6) is 0 Å². The van der Waals surface area contributed by atoms with Crippen LogP contribution in [0.25, 0.3) is 11.3 Å². The first kappa shape index (κ1) is 14.7. The molecule has 0 bridgehead atoms. The van der Waals surface area contributed by atoms with Crippen LogP contribution in [0.1, 0.15) is 10.4 Å². The molecule has 2 aliphatic rings. The van der Waals surface area contributed by atoms with E-state index in [1.807, 2.05) is 17.0 Å². The predicted molar refractivity (Wildman–Crippen MR) is 86.5 cm³/mol. The average molecular weight is 333 g/mol. The van der Waals surface area contributed by atoms with Gasteiger partial charge in [-0.2, -0.15) is 5.10 Å². The first-order valence-electron chi connectivity index (χ1n) is 7.60. The summed E-state index contributed by atoms with van der Waals surface area (Å²) >= 11 is 5.93. The molecular formula is C16H17ClN4O2. The third-order valence-electron chi connectivity index (χ3n) is 4.43. The van der Waals surface area contributed by atoms with Gasteiger partial charge in [0.2, 0.25) is 0 Å². The number of H-pyrrole nitrogens is 1. The molecule has 0 unspecified atom stereocenters. The lowest BCUT2D eigenvalue weighted by atomic mass is 9.94. The number of rotatable bonds is 2. The molecule has 2 fully saturated rings.